The van der Waals surface area contributed by atoms with Crippen molar-refractivity contribution in [3.63, 3.8) is 0 Å². The van der Waals surface area contributed by atoms with Crippen LogP contribution in [0.4, 0.5) is 26.3 Å². The van der Waals surface area contributed by atoms with Crippen molar-refractivity contribution in [2.24, 2.45) is 0 Å². The van der Waals surface area contributed by atoms with Crippen molar-refractivity contribution in [2.75, 3.05) is 6.61 Å². The summed E-state index contributed by atoms with van der Waals surface area (Å²) in [7, 11) is -1.74. The van der Waals surface area contributed by atoms with Crippen molar-refractivity contribution >= 4 is 7.32 Å². The SMILES string of the molecule is OB(OCCCC(c1c(F)cccc1F)(c1c(F)cccc1F)c1c(F)cccc1F)O[I+](c1ccccc1)c1ccccc1. The first kappa shape index (κ1) is 32.7. The Bertz CT molecular complexity index is 1520. The van der Waals surface area contributed by atoms with E-state index in [0.717, 1.165) is 61.7 Å². The Hall–Kier alpha value is -3.65. The van der Waals surface area contributed by atoms with E-state index in [1.54, 1.807) is 0 Å². The van der Waals surface area contributed by atoms with E-state index < -0.39 is 91.0 Å². The summed E-state index contributed by atoms with van der Waals surface area (Å²) in [6.07, 6.45) is -0.881. The fourth-order valence-corrected chi connectivity index (χ4v) is 9.40. The molecule has 5 rings (SSSR count). The lowest BCUT2D eigenvalue weighted by molar-refractivity contribution is -1.04. The first-order valence-electron chi connectivity index (χ1n) is 13.8. The van der Waals surface area contributed by atoms with Crippen molar-refractivity contribution < 1.29 is 59.2 Å². The van der Waals surface area contributed by atoms with Crippen molar-refractivity contribution in [2.45, 2.75) is 18.3 Å². The summed E-state index contributed by atoms with van der Waals surface area (Å²) in [5.41, 5.74) is -5.45. The second-order valence-corrected chi connectivity index (χ2v) is 14.3. The van der Waals surface area contributed by atoms with E-state index in [0.29, 0.717) is 0 Å². The molecule has 1 radical (unpaired) electrons. The fraction of sp³-hybridized carbons (Fsp3) is 0.118. The van der Waals surface area contributed by atoms with Gasteiger partial charge in [-0.15, -0.1) is 0 Å². The van der Waals surface area contributed by atoms with Gasteiger partial charge in [0.15, 0.2) is 7.14 Å². The van der Waals surface area contributed by atoms with Crippen LogP contribution < -0.4 is 20.2 Å². The Morgan fingerprint density at radius 3 is 1.24 bits per heavy atom. The molecule has 0 amide bonds. The molecule has 0 aliphatic heterocycles. The number of hydrogen-bond donors (Lipinski definition) is 1. The third-order valence-corrected chi connectivity index (χ3v) is 11.8. The van der Waals surface area contributed by atoms with E-state index >= 15 is 26.3 Å². The number of halogens is 7. The zero-order chi connectivity index (χ0) is 32.0. The highest BCUT2D eigenvalue weighted by molar-refractivity contribution is 6.34. The minimum Gasteiger partial charge on any atom is -0.399 e. The Labute approximate surface area is 264 Å². The van der Waals surface area contributed by atoms with Crippen LogP contribution in [0, 0.1) is 42.0 Å². The van der Waals surface area contributed by atoms with Crippen LogP contribution in [0.5, 0.6) is 0 Å². The van der Waals surface area contributed by atoms with E-state index in [-0.39, 0.29) is 13.0 Å². The first-order chi connectivity index (χ1) is 21.7. The van der Waals surface area contributed by atoms with Crippen LogP contribution in [0.1, 0.15) is 29.5 Å². The molecule has 5 aromatic rings. The highest BCUT2D eigenvalue weighted by atomic mass is 127. The van der Waals surface area contributed by atoms with Gasteiger partial charge in [-0.2, -0.15) is 2.98 Å². The Morgan fingerprint density at radius 1 is 0.533 bits per heavy atom. The molecule has 231 valence electrons. The van der Waals surface area contributed by atoms with Crippen molar-refractivity contribution in [3.8, 4) is 0 Å². The molecule has 1 N–H and O–H groups in total. The number of benzene rings is 5. The molecule has 45 heavy (non-hydrogen) atoms. The monoisotopic (exact) mass is 734 g/mol. The van der Waals surface area contributed by atoms with Gasteiger partial charge in [0, 0.05) is 23.3 Å². The molecule has 0 unspecified atom stereocenters. The van der Waals surface area contributed by atoms with Crippen LogP contribution in [-0.2, 0) is 13.1 Å². The third kappa shape index (κ3) is 6.96. The van der Waals surface area contributed by atoms with Crippen molar-refractivity contribution in [3.05, 3.63) is 174 Å². The van der Waals surface area contributed by atoms with Gasteiger partial charge in [-0.05, 0) is 73.5 Å². The topological polar surface area (TPSA) is 38.7 Å². The molecule has 0 fully saturated rings. The lowest BCUT2D eigenvalue weighted by Gasteiger charge is -2.37. The highest BCUT2D eigenvalue weighted by Crippen LogP contribution is 2.48. The molecule has 0 spiro atoms. The maximum Gasteiger partial charge on any atom is 0.681 e. The van der Waals surface area contributed by atoms with Gasteiger partial charge in [-0.25, -0.2) is 26.3 Å². The van der Waals surface area contributed by atoms with E-state index in [1.165, 1.54) is 0 Å². The van der Waals surface area contributed by atoms with Crippen LogP contribution in [0.15, 0.2) is 115 Å². The van der Waals surface area contributed by atoms with Gasteiger partial charge in [0.1, 0.15) is 34.9 Å². The lowest BCUT2D eigenvalue weighted by Crippen LogP contribution is -3.86. The lowest BCUT2D eigenvalue weighted by atomic mass is 9.65. The van der Waals surface area contributed by atoms with E-state index in [4.69, 9.17) is 7.64 Å². The van der Waals surface area contributed by atoms with E-state index in [9.17, 15) is 5.02 Å². The molecule has 5 aromatic carbocycles. The minimum atomic E-state index is -2.67. The van der Waals surface area contributed by atoms with Crippen LogP contribution >= 0.6 is 0 Å². The number of hydrogen-bond acceptors (Lipinski definition) is 3. The van der Waals surface area contributed by atoms with Gasteiger partial charge in [0.25, 0.3) is 20.2 Å². The van der Waals surface area contributed by atoms with Crippen molar-refractivity contribution in [1.82, 2.24) is 0 Å². The summed E-state index contributed by atoms with van der Waals surface area (Å²) in [5.74, 6) is -7.56. The summed E-state index contributed by atoms with van der Waals surface area (Å²) in [4.78, 5) is 0. The molecule has 0 bridgehead atoms. The predicted molar refractivity (Wildman–Crippen MR) is 153 cm³/mol. The smallest absolute Gasteiger partial charge is 0.399 e. The Balaban J connectivity index is 1.50. The number of rotatable bonds is 12. The van der Waals surface area contributed by atoms with Crippen LogP contribution in [-0.4, -0.2) is 19.0 Å². The first-order valence-corrected chi connectivity index (χ1v) is 16.9. The predicted octanol–water partition coefficient (Wildman–Crippen LogP) is 4.93. The maximum absolute atomic E-state index is 15.5. The van der Waals surface area contributed by atoms with Crippen LogP contribution in [0.3, 0.4) is 0 Å². The Morgan fingerprint density at radius 2 is 0.889 bits per heavy atom. The summed E-state index contributed by atoms with van der Waals surface area (Å²) in [6, 6.07) is 26.7. The van der Waals surface area contributed by atoms with Gasteiger partial charge < -0.3 is 9.68 Å². The summed E-state index contributed by atoms with van der Waals surface area (Å²) in [5, 5.41) is 10.7. The highest BCUT2D eigenvalue weighted by Gasteiger charge is 2.47. The zero-order valence-electron chi connectivity index (χ0n) is 23.6. The molecule has 0 saturated heterocycles. The molecule has 0 aliphatic carbocycles. The third-order valence-electron chi connectivity index (χ3n) is 7.15. The molecule has 0 aliphatic rings. The average molecular weight is 734 g/mol. The summed E-state index contributed by atoms with van der Waals surface area (Å²) < 4.78 is 106. The van der Waals surface area contributed by atoms with Crippen LogP contribution in [0.25, 0.3) is 0 Å². The standard InChI is InChI=1S/C34H26BF6IO3/c36-25-15-7-16-26(37)31(25)34(32-27(38)17-8-18-28(32)39,33-29(40)19-9-20-30(33)41)21-10-22-44-35(43)45-42(23-11-3-1-4-12-23)24-13-5-2-6-14-24/h1-9,11-20,43H,10,21-22H2/q+1. The largest absolute Gasteiger partial charge is 0.681 e. The van der Waals surface area contributed by atoms with Gasteiger partial charge in [0.2, 0.25) is 0 Å². The second kappa shape index (κ2) is 14.6. The fourth-order valence-electron chi connectivity index (χ4n) is 5.38. The normalized spacial score (nSPS) is 11.6. The summed E-state index contributed by atoms with van der Waals surface area (Å²) >= 11 is -2.67. The zero-order valence-corrected chi connectivity index (χ0v) is 25.7. The van der Waals surface area contributed by atoms with Crippen molar-refractivity contribution in [1.29, 1.82) is 0 Å². The molecule has 0 heterocycles. The van der Waals surface area contributed by atoms with E-state index in [1.807, 2.05) is 60.7 Å². The van der Waals surface area contributed by atoms with Crippen LogP contribution in [0.2, 0.25) is 0 Å². The second-order valence-electron chi connectivity index (χ2n) is 9.91. The molecular formula is C34H26BF6IO3+. The van der Waals surface area contributed by atoms with Gasteiger partial charge >= 0.3 is 7.32 Å². The average Bonchev–Trinajstić information content (AvgIpc) is 3.02. The quantitative estimate of drug-likeness (QED) is 0.0651. The molecule has 0 aromatic heterocycles. The Kier molecular flexibility index (Phi) is 10.6. The van der Waals surface area contributed by atoms with Gasteiger partial charge in [0.05, 0.1) is 5.41 Å². The summed E-state index contributed by atoms with van der Waals surface area (Å²) in [6.45, 7) is -0.362. The van der Waals surface area contributed by atoms with Gasteiger partial charge in [-0.1, -0.05) is 54.6 Å². The molecule has 11 heteroatoms. The molecule has 0 saturated carbocycles. The molecule has 0 atom stereocenters. The minimum absolute atomic E-state index is 0.263. The molecular weight excluding hydrogens is 708 g/mol. The maximum atomic E-state index is 15.5. The van der Waals surface area contributed by atoms with E-state index in [2.05, 4.69) is 0 Å². The van der Waals surface area contributed by atoms with Gasteiger partial charge in [-0.3, -0.25) is 0 Å². The molecule has 3 nitrogen and oxygen atoms in total.